The average molecular weight is 218 g/mol. The standard InChI is InChI=1S/C7H8BrNO2/c8-5-3-6-7(9-4-5)11-2-1-10-6/h3,9H,1-2,4H2. The highest BCUT2D eigenvalue weighted by molar-refractivity contribution is 9.11. The smallest absolute Gasteiger partial charge is 0.230 e. The lowest BCUT2D eigenvalue weighted by Gasteiger charge is -2.24. The maximum absolute atomic E-state index is 5.34. The van der Waals surface area contributed by atoms with E-state index in [0.717, 1.165) is 22.7 Å². The molecule has 0 bridgehead atoms. The fourth-order valence-electron chi connectivity index (χ4n) is 1.04. The molecule has 0 unspecified atom stereocenters. The van der Waals surface area contributed by atoms with Gasteiger partial charge in [0.15, 0.2) is 5.76 Å². The maximum Gasteiger partial charge on any atom is 0.230 e. The zero-order valence-corrected chi connectivity index (χ0v) is 7.48. The summed E-state index contributed by atoms with van der Waals surface area (Å²) >= 11 is 3.38. The molecule has 2 aliphatic heterocycles. The van der Waals surface area contributed by atoms with Gasteiger partial charge < -0.3 is 14.8 Å². The van der Waals surface area contributed by atoms with Crippen molar-refractivity contribution in [1.29, 1.82) is 0 Å². The van der Waals surface area contributed by atoms with Crippen molar-refractivity contribution in [1.82, 2.24) is 5.32 Å². The normalized spacial score (nSPS) is 22.5. The van der Waals surface area contributed by atoms with E-state index >= 15 is 0 Å². The molecule has 0 amide bonds. The van der Waals surface area contributed by atoms with Gasteiger partial charge in [0.2, 0.25) is 5.88 Å². The number of hydrogen-bond acceptors (Lipinski definition) is 3. The van der Waals surface area contributed by atoms with E-state index in [9.17, 15) is 0 Å². The largest absolute Gasteiger partial charge is 0.484 e. The quantitative estimate of drug-likeness (QED) is 0.660. The Bertz CT molecular complexity index is 235. The lowest BCUT2D eigenvalue weighted by atomic mass is 10.3. The van der Waals surface area contributed by atoms with Crippen molar-refractivity contribution in [3.63, 3.8) is 0 Å². The van der Waals surface area contributed by atoms with Gasteiger partial charge in [0.1, 0.15) is 13.2 Å². The third kappa shape index (κ3) is 1.35. The first-order chi connectivity index (χ1) is 5.36. The Kier molecular flexibility index (Phi) is 1.77. The van der Waals surface area contributed by atoms with E-state index in [4.69, 9.17) is 9.47 Å². The van der Waals surface area contributed by atoms with E-state index < -0.39 is 0 Å². The van der Waals surface area contributed by atoms with E-state index in [2.05, 4.69) is 21.2 Å². The summed E-state index contributed by atoms with van der Waals surface area (Å²) in [6.07, 6.45) is 1.94. The molecule has 60 valence electrons. The monoisotopic (exact) mass is 217 g/mol. The van der Waals surface area contributed by atoms with Crippen molar-refractivity contribution in [3.8, 4) is 0 Å². The number of dihydropyridines is 1. The molecule has 4 heteroatoms. The van der Waals surface area contributed by atoms with Gasteiger partial charge in [0.05, 0.1) is 0 Å². The van der Waals surface area contributed by atoms with Crippen LogP contribution >= 0.6 is 15.9 Å². The number of allylic oxidation sites excluding steroid dienone is 1. The highest BCUT2D eigenvalue weighted by atomic mass is 79.9. The number of halogens is 1. The van der Waals surface area contributed by atoms with Gasteiger partial charge >= 0.3 is 0 Å². The number of hydrogen-bond donors (Lipinski definition) is 1. The van der Waals surface area contributed by atoms with Crippen LogP contribution in [0.15, 0.2) is 22.2 Å². The molecule has 0 aromatic rings. The van der Waals surface area contributed by atoms with Gasteiger partial charge in [-0.15, -0.1) is 0 Å². The number of rotatable bonds is 0. The molecule has 0 aromatic carbocycles. The van der Waals surface area contributed by atoms with Gasteiger partial charge in [0.25, 0.3) is 0 Å². The Morgan fingerprint density at radius 3 is 3.09 bits per heavy atom. The number of nitrogens with one attached hydrogen (secondary N) is 1. The SMILES string of the molecule is BrC1=CC2=C(NC1)OCCO2. The first-order valence-electron chi connectivity index (χ1n) is 3.46. The number of ether oxygens (including phenoxy) is 2. The molecular formula is C7H8BrNO2. The van der Waals surface area contributed by atoms with Gasteiger partial charge in [-0.3, -0.25) is 0 Å². The molecule has 0 aliphatic carbocycles. The molecule has 0 saturated heterocycles. The van der Waals surface area contributed by atoms with Gasteiger partial charge in [0, 0.05) is 11.0 Å². The van der Waals surface area contributed by atoms with Crippen molar-refractivity contribution < 1.29 is 9.47 Å². The molecule has 2 heterocycles. The molecule has 0 aromatic heterocycles. The van der Waals surface area contributed by atoms with Gasteiger partial charge in [-0.1, -0.05) is 15.9 Å². The fraction of sp³-hybridized carbons (Fsp3) is 0.429. The van der Waals surface area contributed by atoms with E-state index in [1.807, 2.05) is 6.08 Å². The summed E-state index contributed by atoms with van der Waals surface area (Å²) < 4.78 is 11.7. The van der Waals surface area contributed by atoms with Crippen LogP contribution in [0.25, 0.3) is 0 Å². The van der Waals surface area contributed by atoms with Crippen LogP contribution in [0.2, 0.25) is 0 Å². The van der Waals surface area contributed by atoms with Crippen LogP contribution in [-0.2, 0) is 9.47 Å². The highest BCUT2D eigenvalue weighted by Gasteiger charge is 2.17. The van der Waals surface area contributed by atoms with Crippen molar-refractivity contribution in [2.75, 3.05) is 19.8 Å². The zero-order chi connectivity index (χ0) is 7.68. The summed E-state index contributed by atoms with van der Waals surface area (Å²) in [6.45, 7) is 2.05. The Morgan fingerprint density at radius 2 is 2.18 bits per heavy atom. The predicted octanol–water partition coefficient (Wildman–Crippen LogP) is 1.08. The minimum atomic E-state index is 0.636. The summed E-state index contributed by atoms with van der Waals surface area (Å²) in [6, 6.07) is 0. The Morgan fingerprint density at radius 1 is 1.36 bits per heavy atom. The highest BCUT2D eigenvalue weighted by Crippen LogP contribution is 2.20. The minimum Gasteiger partial charge on any atom is -0.484 e. The van der Waals surface area contributed by atoms with Gasteiger partial charge in [-0.25, -0.2) is 0 Å². The second-order valence-corrected chi connectivity index (χ2v) is 3.35. The molecule has 0 spiro atoms. The van der Waals surface area contributed by atoms with Crippen LogP contribution in [0.4, 0.5) is 0 Å². The molecule has 11 heavy (non-hydrogen) atoms. The summed E-state index contributed by atoms with van der Waals surface area (Å²) in [5.41, 5.74) is 0. The molecule has 2 rings (SSSR count). The fourth-order valence-corrected chi connectivity index (χ4v) is 1.38. The van der Waals surface area contributed by atoms with Crippen LogP contribution in [-0.4, -0.2) is 19.8 Å². The molecule has 2 aliphatic rings. The van der Waals surface area contributed by atoms with Crippen LogP contribution in [0.1, 0.15) is 0 Å². The van der Waals surface area contributed by atoms with Crippen LogP contribution in [0.5, 0.6) is 0 Å². The van der Waals surface area contributed by atoms with Crippen LogP contribution in [0, 0.1) is 0 Å². The molecular weight excluding hydrogens is 210 g/mol. The summed E-state index contributed by atoms with van der Waals surface area (Å²) in [7, 11) is 0. The Balaban J connectivity index is 2.25. The van der Waals surface area contributed by atoms with E-state index in [0.29, 0.717) is 13.2 Å². The van der Waals surface area contributed by atoms with Gasteiger partial charge in [-0.05, 0) is 6.08 Å². The lowest BCUT2D eigenvalue weighted by molar-refractivity contribution is 0.0574. The maximum atomic E-state index is 5.34. The van der Waals surface area contributed by atoms with Crippen molar-refractivity contribution in [3.05, 3.63) is 22.2 Å². The lowest BCUT2D eigenvalue weighted by Crippen LogP contribution is -2.27. The topological polar surface area (TPSA) is 30.5 Å². The van der Waals surface area contributed by atoms with Crippen molar-refractivity contribution in [2.45, 2.75) is 0 Å². The van der Waals surface area contributed by atoms with Crippen LogP contribution < -0.4 is 5.32 Å². The molecule has 3 nitrogen and oxygen atoms in total. The predicted molar refractivity (Wildman–Crippen MR) is 43.9 cm³/mol. The summed E-state index contributed by atoms with van der Waals surface area (Å²) in [5, 5.41) is 3.09. The molecule has 0 radical (unpaired) electrons. The molecule has 1 N–H and O–H groups in total. The van der Waals surface area contributed by atoms with E-state index in [-0.39, 0.29) is 0 Å². The first-order valence-corrected chi connectivity index (χ1v) is 4.25. The van der Waals surface area contributed by atoms with Crippen molar-refractivity contribution in [2.24, 2.45) is 0 Å². The summed E-state index contributed by atoms with van der Waals surface area (Å²) in [5.74, 6) is 1.56. The van der Waals surface area contributed by atoms with Crippen LogP contribution in [0.3, 0.4) is 0 Å². The second kappa shape index (κ2) is 2.77. The van der Waals surface area contributed by atoms with E-state index in [1.165, 1.54) is 0 Å². The van der Waals surface area contributed by atoms with Crippen molar-refractivity contribution >= 4 is 15.9 Å². The molecule has 0 fully saturated rings. The first kappa shape index (κ1) is 7.03. The third-order valence-electron chi connectivity index (χ3n) is 1.52. The summed E-state index contributed by atoms with van der Waals surface area (Å²) in [4.78, 5) is 0. The third-order valence-corrected chi connectivity index (χ3v) is 2.03. The Labute approximate surface area is 73.2 Å². The molecule has 0 atom stereocenters. The van der Waals surface area contributed by atoms with E-state index in [1.54, 1.807) is 0 Å². The van der Waals surface area contributed by atoms with Gasteiger partial charge in [-0.2, -0.15) is 0 Å². The minimum absolute atomic E-state index is 0.636. The Hall–Kier alpha value is -0.640. The average Bonchev–Trinajstić information content (AvgIpc) is 2.04. The molecule has 0 saturated carbocycles. The zero-order valence-electron chi connectivity index (χ0n) is 5.89. The second-order valence-electron chi connectivity index (χ2n) is 2.34.